The van der Waals surface area contributed by atoms with Crippen LogP contribution in [-0.2, 0) is 0 Å². The lowest BCUT2D eigenvalue weighted by Gasteiger charge is -2.42. The molecule has 4 atom stereocenters. The highest BCUT2D eigenvalue weighted by Gasteiger charge is 2.36. The molecular weight excluding hydrogens is 466 g/mol. The summed E-state index contributed by atoms with van der Waals surface area (Å²) in [5.41, 5.74) is 0.608. The molecule has 1 nitrogen and oxygen atoms in total. The van der Waals surface area contributed by atoms with Gasteiger partial charge in [0.2, 0.25) is 5.75 Å². The van der Waals surface area contributed by atoms with Gasteiger partial charge in [-0.05, 0) is 105 Å². The Bertz CT molecular complexity index is 1040. The van der Waals surface area contributed by atoms with E-state index in [1.54, 1.807) is 6.07 Å². The summed E-state index contributed by atoms with van der Waals surface area (Å²) in [6.07, 6.45) is 8.31. The number of fused-ring (bicyclic) bond motifs is 1. The van der Waals surface area contributed by atoms with Gasteiger partial charge in [-0.2, -0.15) is 0 Å². The van der Waals surface area contributed by atoms with Gasteiger partial charge in [-0.1, -0.05) is 30.7 Å². The van der Waals surface area contributed by atoms with Crippen LogP contribution in [0.4, 0.5) is 26.3 Å². The summed E-state index contributed by atoms with van der Waals surface area (Å²) in [6, 6.07) is 5.93. The number of hydrogen-bond donors (Lipinski definition) is 0. The Labute approximate surface area is 202 Å². The standard InChI is InChI=1S/C28H30F6O/c1-2-3-4-5-17-6-7-19-13-20(9-8-18(19)12-17)21-10-11-23(24(29)14-21)22-15-25(30)27(26(31)16-22)35-28(32,33)34/h2-3,10-11,14-20H,4-9,12-13H2,1H3/b3-2+. The lowest BCUT2D eigenvalue weighted by Crippen LogP contribution is -2.30. The van der Waals surface area contributed by atoms with Gasteiger partial charge >= 0.3 is 6.36 Å². The molecule has 7 heteroatoms. The van der Waals surface area contributed by atoms with Crippen molar-refractivity contribution in [3.05, 3.63) is 65.5 Å². The fourth-order valence-electron chi connectivity index (χ4n) is 6.00. The lowest BCUT2D eigenvalue weighted by atomic mass is 9.63. The zero-order chi connectivity index (χ0) is 25.2. The maximum absolute atomic E-state index is 15.0. The van der Waals surface area contributed by atoms with Crippen LogP contribution in [0.1, 0.15) is 69.8 Å². The van der Waals surface area contributed by atoms with E-state index in [-0.39, 0.29) is 17.0 Å². The highest BCUT2D eigenvalue weighted by Crippen LogP contribution is 2.48. The third-order valence-corrected chi connectivity index (χ3v) is 7.69. The van der Waals surface area contributed by atoms with Gasteiger partial charge in [0.25, 0.3) is 0 Å². The molecule has 2 saturated carbocycles. The fraction of sp³-hybridized carbons (Fsp3) is 0.500. The molecule has 2 aromatic rings. The van der Waals surface area contributed by atoms with Gasteiger partial charge in [-0.3, -0.25) is 0 Å². The Hall–Kier alpha value is -2.44. The first-order valence-electron chi connectivity index (χ1n) is 12.3. The number of rotatable bonds is 6. The van der Waals surface area contributed by atoms with Gasteiger partial charge < -0.3 is 4.74 Å². The molecule has 4 unspecified atom stereocenters. The zero-order valence-corrected chi connectivity index (χ0v) is 19.7. The maximum Gasteiger partial charge on any atom is 0.573 e. The van der Waals surface area contributed by atoms with E-state index in [2.05, 4.69) is 16.9 Å². The molecule has 0 spiro atoms. The molecule has 0 bridgehead atoms. The van der Waals surface area contributed by atoms with Crippen LogP contribution in [0.2, 0.25) is 0 Å². The minimum absolute atomic E-state index is 0.0690. The third kappa shape index (κ3) is 6.22. The molecule has 0 N–H and O–H groups in total. The second-order valence-corrected chi connectivity index (χ2v) is 9.91. The first-order chi connectivity index (χ1) is 16.6. The third-order valence-electron chi connectivity index (χ3n) is 7.69. The first-order valence-corrected chi connectivity index (χ1v) is 12.3. The summed E-state index contributed by atoms with van der Waals surface area (Å²) >= 11 is 0. The Kier molecular flexibility index (Phi) is 7.82. The van der Waals surface area contributed by atoms with E-state index in [0.717, 1.165) is 43.1 Å². The van der Waals surface area contributed by atoms with Crippen molar-refractivity contribution < 1.29 is 31.1 Å². The van der Waals surface area contributed by atoms with Crippen LogP contribution in [0.25, 0.3) is 11.1 Å². The van der Waals surface area contributed by atoms with E-state index in [0.29, 0.717) is 18.1 Å². The Morgan fingerprint density at radius 1 is 0.886 bits per heavy atom. The second-order valence-electron chi connectivity index (χ2n) is 9.91. The van der Waals surface area contributed by atoms with Gasteiger partial charge in [0.1, 0.15) is 5.82 Å². The van der Waals surface area contributed by atoms with Gasteiger partial charge in [0.15, 0.2) is 11.6 Å². The molecule has 0 radical (unpaired) electrons. The highest BCUT2D eigenvalue weighted by atomic mass is 19.4. The molecule has 2 aromatic carbocycles. The molecule has 0 heterocycles. The molecular formula is C28H30F6O. The summed E-state index contributed by atoms with van der Waals surface area (Å²) in [5, 5.41) is 0. The highest BCUT2D eigenvalue weighted by molar-refractivity contribution is 5.66. The number of alkyl halides is 3. The SMILES string of the molecule is C/C=C/CCC1CCC2CC(c3ccc(-c4cc(F)c(OC(F)(F)F)c(F)c4)c(F)c3)CCC2C1. The molecule has 0 aromatic heterocycles. The number of allylic oxidation sites excluding steroid dienone is 2. The van der Waals surface area contributed by atoms with Crippen LogP contribution in [0.5, 0.6) is 5.75 Å². The number of benzene rings is 2. The summed E-state index contributed by atoms with van der Waals surface area (Å²) in [6.45, 7) is 2.05. The summed E-state index contributed by atoms with van der Waals surface area (Å²) < 4.78 is 83.8. The van der Waals surface area contributed by atoms with E-state index in [1.807, 2.05) is 6.92 Å². The minimum Gasteiger partial charge on any atom is -0.399 e. The fourth-order valence-corrected chi connectivity index (χ4v) is 6.00. The predicted octanol–water partition coefficient (Wildman–Crippen LogP) is 9.33. The van der Waals surface area contributed by atoms with Crippen LogP contribution in [0.15, 0.2) is 42.5 Å². The summed E-state index contributed by atoms with van der Waals surface area (Å²) in [7, 11) is 0. The van der Waals surface area contributed by atoms with E-state index < -0.39 is 29.6 Å². The number of halogens is 6. The monoisotopic (exact) mass is 496 g/mol. The molecule has 35 heavy (non-hydrogen) atoms. The smallest absolute Gasteiger partial charge is 0.399 e. The molecule has 2 aliphatic rings. The largest absolute Gasteiger partial charge is 0.573 e. The average Bonchev–Trinajstić information content (AvgIpc) is 2.80. The van der Waals surface area contributed by atoms with E-state index in [1.165, 1.54) is 37.8 Å². The number of ether oxygens (including phenoxy) is 1. The van der Waals surface area contributed by atoms with Crippen LogP contribution in [0, 0.1) is 35.2 Å². The zero-order valence-electron chi connectivity index (χ0n) is 19.7. The van der Waals surface area contributed by atoms with Gasteiger partial charge in [0, 0.05) is 5.56 Å². The number of hydrogen-bond acceptors (Lipinski definition) is 1. The van der Waals surface area contributed by atoms with Crippen LogP contribution >= 0.6 is 0 Å². The topological polar surface area (TPSA) is 9.23 Å². The van der Waals surface area contributed by atoms with Crippen molar-refractivity contribution in [3.63, 3.8) is 0 Å². The first kappa shape index (κ1) is 25.6. The van der Waals surface area contributed by atoms with E-state index in [9.17, 15) is 26.3 Å². The average molecular weight is 497 g/mol. The lowest BCUT2D eigenvalue weighted by molar-refractivity contribution is -0.276. The van der Waals surface area contributed by atoms with Crippen molar-refractivity contribution in [2.45, 2.75) is 70.6 Å². The van der Waals surface area contributed by atoms with Crippen molar-refractivity contribution in [2.24, 2.45) is 17.8 Å². The van der Waals surface area contributed by atoms with Gasteiger partial charge in [0.05, 0.1) is 0 Å². The molecule has 190 valence electrons. The van der Waals surface area contributed by atoms with Crippen molar-refractivity contribution >= 4 is 0 Å². The van der Waals surface area contributed by atoms with Crippen molar-refractivity contribution in [1.82, 2.24) is 0 Å². The molecule has 0 aliphatic heterocycles. The molecule has 0 amide bonds. The Morgan fingerprint density at radius 2 is 1.57 bits per heavy atom. The normalized spacial score (nSPS) is 25.0. The van der Waals surface area contributed by atoms with Crippen LogP contribution in [0.3, 0.4) is 0 Å². The molecule has 0 saturated heterocycles. The molecule has 2 fully saturated rings. The molecule has 2 aliphatic carbocycles. The minimum atomic E-state index is -5.24. The quantitative estimate of drug-likeness (QED) is 0.286. The van der Waals surface area contributed by atoms with Crippen molar-refractivity contribution in [1.29, 1.82) is 0 Å². The van der Waals surface area contributed by atoms with E-state index >= 15 is 0 Å². The van der Waals surface area contributed by atoms with Crippen LogP contribution < -0.4 is 4.74 Å². The maximum atomic E-state index is 15.0. The predicted molar refractivity (Wildman–Crippen MR) is 123 cm³/mol. The second kappa shape index (κ2) is 10.7. The van der Waals surface area contributed by atoms with Crippen molar-refractivity contribution in [2.75, 3.05) is 0 Å². The van der Waals surface area contributed by atoms with E-state index in [4.69, 9.17) is 0 Å². The Balaban J connectivity index is 1.44. The van der Waals surface area contributed by atoms with Crippen LogP contribution in [-0.4, -0.2) is 6.36 Å². The Morgan fingerprint density at radius 3 is 2.23 bits per heavy atom. The molecule has 4 rings (SSSR count). The summed E-state index contributed by atoms with van der Waals surface area (Å²) in [5.74, 6) is -2.90. The van der Waals surface area contributed by atoms with Gasteiger partial charge in [-0.25, -0.2) is 13.2 Å². The van der Waals surface area contributed by atoms with Crippen molar-refractivity contribution in [3.8, 4) is 16.9 Å². The van der Waals surface area contributed by atoms with Gasteiger partial charge in [-0.15, -0.1) is 13.2 Å². The summed E-state index contributed by atoms with van der Waals surface area (Å²) in [4.78, 5) is 0.